The second-order valence-corrected chi connectivity index (χ2v) is 5.22. The Balaban J connectivity index is 2.11. The zero-order valence-electron chi connectivity index (χ0n) is 13.4. The van der Waals surface area contributed by atoms with E-state index in [9.17, 15) is 9.59 Å². The zero-order chi connectivity index (χ0) is 17.1. The van der Waals surface area contributed by atoms with Gasteiger partial charge < -0.3 is 14.6 Å². The number of nitrogens with one attached hydrogen (secondary N) is 1. The minimum atomic E-state index is -0.343. The molecule has 2 heterocycles. The van der Waals surface area contributed by atoms with Gasteiger partial charge in [-0.05, 0) is 48.7 Å². The maximum Gasteiger partial charge on any atom is 0.272 e. The normalized spacial score (nSPS) is 10.6. The number of carbonyl (C=O) groups excluding carboxylic acids is 1. The first-order valence-electron chi connectivity index (χ1n) is 7.57. The largest absolute Gasteiger partial charge is 0.497 e. The molecule has 3 aromatic rings. The van der Waals surface area contributed by atoms with Gasteiger partial charge in [0.05, 0.1) is 7.11 Å². The van der Waals surface area contributed by atoms with Gasteiger partial charge >= 0.3 is 0 Å². The smallest absolute Gasteiger partial charge is 0.272 e. The van der Waals surface area contributed by atoms with Gasteiger partial charge in [-0.25, -0.2) is 0 Å². The van der Waals surface area contributed by atoms with Gasteiger partial charge in [0, 0.05) is 30.0 Å². The van der Waals surface area contributed by atoms with E-state index in [1.807, 2.05) is 6.92 Å². The minimum absolute atomic E-state index is 0.197. The molecule has 0 atom stereocenters. The Morgan fingerprint density at radius 2 is 1.96 bits per heavy atom. The van der Waals surface area contributed by atoms with Crippen LogP contribution >= 0.6 is 0 Å². The van der Waals surface area contributed by atoms with Crippen molar-refractivity contribution in [3.8, 4) is 5.75 Å². The molecular weight excluding hydrogens is 306 g/mol. The van der Waals surface area contributed by atoms with Crippen molar-refractivity contribution in [2.45, 2.75) is 13.5 Å². The molecule has 24 heavy (non-hydrogen) atoms. The van der Waals surface area contributed by atoms with Crippen LogP contribution in [-0.4, -0.2) is 22.6 Å². The Labute approximate surface area is 138 Å². The van der Waals surface area contributed by atoms with Gasteiger partial charge in [-0.15, -0.1) is 0 Å². The van der Waals surface area contributed by atoms with Crippen molar-refractivity contribution >= 4 is 22.4 Å². The quantitative estimate of drug-likeness (QED) is 0.801. The molecule has 0 bridgehead atoms. The summed E-state index contributed by atoms with van der Waals surface area (Å²) in [5.41, 5.74) is 0.730. The van der Waals surface area contributed by atoms with Crippen LogP contribution in [0.1, 0.15) is 17.4 Å². The van der Waals surface area contributed by atoms with Crippen LogP contribution in [0.4, 0.5) is 5.69 Å². The number of pyridine rings is 2. The Bertz CT molecular complexity index is 949. The summed E-state index contributed by atoms with van der Waals surface area (Å²) in [6.07, 6.45) is 3.18. The topological polar surface area (TPSA) is 73.2 Å². The molecule has 0 saturated carbocycles. The fourth-order valence-corrected chi connectivity index (χ4v) is 2.59. The van der Waals surface area contributed by atoms with Gasteiger partial charge in [0.15, 0.2) is 0 Å². The summed E-state index contributed by atoms with van der Waals surface area (Å²) in [6.45, 7) is 2.24. The van der Waals surface area contributed by atoms with E-state index in [1.165, 1.54) is 4.57 Å². The van der Waals surface area contributed by atoms with Gasteiger partial charge in [0.25, 0.3) is 11.5 Å². The van der Waals surface area contributed by atoms with Gasteiger partial charge in [0.1, 0.15) is 11.4 Å². The number of aromatic nitrogens is 2. The molecule has 0 unspecified atom stereocenters. The highest BCUT2D eigenvalue weighted by atomic mass is 16.5. The predicted octanol–water partition coefficient (Wildman–Crippen LogP) is 2.68. The van der Waals surface area contributed by atoms with Crippen molar-refractivity contribution in [2.24, 2.45) is 0 Å². The molecule has 2 aromatic heterocycles. The van der Waals surface area contributed by atoms with Crippen LogP contribution in [0.3, 0.4) is 0 Å². The molecule has 0 aliphatic rings. The van der Waals surface area contributed by atoms with Gasteiger partial charge in [0.2, 0.25) is 0 Å². The highest BCUT2D eigenvalue weighted by Crippen LogP contribution is 2.20. The summed E-state index contributed by atoms with van der Waals surface area (Å²) < 4.78 is 6.66. The first-order valence-corrected chi connectivity index (χ1v) is 7.57. The standard InChI is InChI=1S/C18H17N3O3/c1-3-21-16(17(22)20-13-6-8-19-9-7-13)11-12-10-14(24-2)4-5-15(12)18(21)23/h4-11H,3H2,1-2H3,(H,19,20,22). The SMILES string of the molecule is CCn1c(C(=O)Nc2ccncc2)cc2cc(OC)ccc2c1=O. The molecule has 1 amide bonds. The molecule has 0 aliphatic heterocycles. The number of hydrogen-bond donors (Lipinski definition) is 1. The lowest BCUT2D eigenvalue weighted by atomic mass is 10.1. The molecule has 0 saturated heterocycles. The van der Waals surface area contributed by atoms with E-state index in [0.717, 1.165) is 0 Å². The van der Waals surface area contributed by atoms with Crippen LogP contribution in [-0.2, 0) is 6.54 Å². The highest BCUT2D eigenvalue weighted by molar-refractivity contribution is 6.05. The number of ether oxygens (including phenoxy) is 1. The first kappa shape index (κ1) is 15.7. The van der Waals surface area contributed by atoms with Crippen LogP contribution < -0.4 is 15.6 Å². The maximum absolute atomic E-state index is 12.7. The van der Waals surface area contributed by atoms with Crippen molar-refractivity contribution in [3.63, 3.8) is 0 Å². The van der Waals surface area contributed by atoms with Crippen LogP contribution in [0.2, 0.25) is 0 Å². The third-order valence-corrected chi connectivity index (χ3v) is 3.80. The second-order valence-electron chi connectivity index (χ2n) is 5.22. The van der Waals surface area contributed by atoms with Crippen molar-refractivity contribution < 1.29 is 9.53 Å². The molecule has 0 radical (unpaired) electrons. The van der Waals surface area contributed by atoms with Crippen molar-refractivity contribution in [1.82, 2.24) is 9.55 Å². The number of rotatable bonds is 4. The lowest BCUT2D eigenvalue weighted by Gasteiger charge is -2.13. The van der Waals surface area contributed by atoms with Crippen molar-refractivity contribution in [2.75, 3.05) is 12.4 Å². The molecule has 1 N–H and O–H groups in total. The van der Waals surface area contributed by atoms with E-state index >= 15 is 0 Å². The third kappa shape index (κ3) is 2.86. The highest BCUT2D eigenvalue weighted by Gasteiger charge is 2.15. The summed E-state index contributed by atoms with van der Waals surface area (Å²) in [4.78, 5) is 29.2. The summed E-state index contributed by atoms with van der Waals surface area (Å²) in [5, 5.41) is 4.01. The van der Waals surface area contributed by atoms with E-state index in [4.69, 9.17) is 4.74 Å². The monoisotopic (exact) mass is 323 g/mol. The number of fused-ring (bicyclic) bond motifs is 1. The number of anilines is 1. The number of amides is 1. The van der Waals surface area contributed by atoms with E-state index in [-0.39, 0.29) is 11.5 Å². The molecular formula is C18H17N3O3. The first-order chi connectivity index (χ1) is 11.6. The second kappa shape index (κ2) is 6.54. The van der Waals surface area contributed by atoms with Crippen molar-refractivity contribution in [3.05, 3.63) is 64.8 Å². The molecule has 1 aromatic carbocycles. The van der Waals surface area contributed by atoms with Crippen LogP contribution in [0.5, 0.6) is 5.75 Å². The lowest BCUT2D eigenvalue weighted by molar-refractivity contribution is 0.101. The molecule has 122 valence electrons. The third-order valence-electron chi connectivity index (χ3n) is 3.80. The fraction of sp³-hybridized carbons (Fsp3) is 0.167. The van der Waals surface area contributed by atoms with E-state index in [2.05, 4.69) is 10.3 Å². The predicted molar refractivity (Wildman–Crippen MR) is 92.6 cm³/mol. The number of hydrogen-bond acceptors (Lipinski definition) is 4. The molecule has 6 heteroatoms. The Morgan fingerprint density at radius 1 is 1.21 bits per heavy atom. The van der Waals surface area contributed by atoms with Gasteiger partial charge in [-0.1, -0.05) is 0 Å². The Hall–Kier alpha value is -3.15. The zero-order valence-corrected chi connectivity index (χ0v) is 13.4. The average molecular weight is 323 g/mol. The molecule has 6 nitrogen and oxygen atoms in total. The summed E-state index contributed by atoms with van der Waals surface area (Å²) >= 11 is 0. The van der Waals surface area contributed by atoms with Gasteiger partial charge in [-0.2, -0.15) is 0 Å². The molecule has 0 aliphatic carbocycles. The van der Waals surface area contributed by atoms with Crippen molar-refractivity contribution in [1.29, 1.82) is 0 Å². The van der Waals surface area contributed by atoms with Crippen LogP contribution in [0.15, 0.2) is 53.6 Å². The number of carbonyl (C=O) groups is 1. The van der Waals surface area contributed by atoms with E-state index < -0.39 is 0 Å². The maximum atomic E-state index is 12.7. The van der Waals surface area contributed by atoms with E-state index in [1.54, 1.807) is 55.9 Å². The summed E-state index contributed by atoms with van der Waals surface area (Å²) in [6, 6.07) is 10.3. The summed E-state index contributed by atoms with van der Waals surface area (Å²) in [7, 11) is 1.56. The number of nitrogens with zero attached hydrogens (tertiary/aromatic N) is 2. The molecule has 3 rings (SSSR count). The molecule has 0 fully saturated rings. The fourth-order valence-electron chi connectivity index (χ4n) is 2.59. The average Bonchev–Trinajstić information content (AvgIpc) is 2.62. The van der Waals surface area contributed by atoms with Gasteiger partial charge in [-0.3, -0.25) is 14.6 Å². The number of methoxy groups -OCH3 is 1. The number of benzene rings is 1. The molecule has 0 spiro atoms. The lowest BCUT2D eigenvalue weighted by Crippen LogP contribution is -2.28. The summed E-state index contributed by atoms with van der Waals surface area (Å²) in [5.74, 6) is 0.293. The van der Waals surface area contributed by atoms with E-state index in [0.29, 0.717) is 34.4 Å². The van der Waals surface area contributed by atoms with Crippen LogP contribution in [0, 0.1) is 0 Å². The Morgan fingerprint density at radius 3 is 2.62 bits per heavy atom. The Kier molecular flexibility index (Phi) is 4.29. The van der Waals surface area contributed by atoms with Crippen LogP contribution in [0.25, 0.3) is 10.8 Å². The minimum Gasteiger partial charge on any atom is -0.497 e.